The standard InChI is InChI=1S/C43H63F2NO/c1-5-7-8-9-10-11-12-15-18-31-47-41-28-23-37(24-29-41)32-34(3)42-30-27-40(46)33-38(42)20-17-14-13-16-19-36-21-25-39(26-22-36)43(44,45)35(4)6-2/h21-30,33-35H,5-20,31-32,46H2,1-4H3. The Morgan fingerprint density at radius 3 is 1.87 bits per heavy atom. The predicted molar refractivity (Wildman–Crippen MR) is 198 cm³/mol. The fraction of sp³-hybridized carbons (Fsp3) is 0.581. The van der Waals surface area contributed by atoms with Crippen LogP contribution in [0.2, 0.25) is 0 Å². The third kappa shape index (κ3) is 13.6. The number of alkyl halides is 2. The van der Waals surface area contributed by atoms with Crippen LogP contribution in [0.15, 0.2) is 66.7 Å². The van der Waals surface area contributed by atoms with Crippen LogP contribution in [0, 0.1) is 5.92 Å². The van der Waals surface area contributed by atoms with Gasteiger partial charge < -0.3 is 10.5 Å². The van der Waals surface area contributed by atoms with Gasteiger partial charge in [0.15, 0.2) is 0 Å². The third-order valence-electron chi connectivity index (χ3n) is 9.91. The summed E-state index contributed by atoms with van der Waals surface area (Å²) in [5.41, 5.74) is 12.4. The largest absolute Gasteiger partial charge is 0.494 e. The van der Waals surface area contributed by atoms with Crippen LogP contribution < -0.4 is 10.5 Å². The monoisotopic (exact) mass is 647 g/mol. The quantitative estimate of drug-likeness (QED) is 0.0775. The fourth-order valence-electron chi connectivity index (χ4n) is 6.54. The van der Waals surface area contributed by atoms with Crippen molar-refractivity contribution in [2.45, 2.75) is 149 Å². The minimum atomic E-state index is -2.77. The minimum absolute atomic E-state index is 0.133. The second-order valence-electron chi connectivity index (χ2n) is 13.9. The topological polar surface area (TPSA) is 35.2 Å². The van der Waals surface area contributed by atoms with Crippen molar-refractivity contribution >= 4 is 5.69 Å². The van der Waals surface area contributed by atoms with E-state index in [9.17, 15) is 8.78 Å². The van der Waals surface area contributed by atoms with Crippen molar-refractivity contribution in [1.29, 1.82) is 0 Å². The lowest BCUT2D eigenvalue weighted by Crippen LogP contribution is -2.22. The highest BCUT2D eigenvalue weighted by Gasteiger charge is 2.36. The van der Waals surface area contributed by atoms with E-state index in [4.69, 9.17) is 10.5 Å². The van der Waals surface area contributed by atoms with Gasteiger partial charge >= 0.3 is 0 Å². The second-order valence-corrected chi connectivity index (χ2v) is 13.9. The smallest absolute Gasteiger partial charge is 0.275 e. The van der Waals surface area contributed by atoms with Crippen molar-refractivity contribution in [1.82, 2.24) is 0 Å². The van der Waals surface area contributed by atoms with Crippen LogP contribution in [-0.4, -0.2) is 6.61 Å². The zero-order valence-electron chi connectivity index (χ0n) is 30.0. The number of unbranched alkanes of at least 4 members (excludes halogenated alkanes) is 11. The number of aryl methyl sites for hydroxylation is 2. The van der Waals surface area contributed by atoms with Gasteiger partial charge in [0.25, 0.3) is 5.92 Å². The molecule has 0 radical (unpaired) electrons. The fourth-order valence-corrected chi connectivity index (χ4v) is 6.54. The Bertz CT molecular complexity index is 1250. The third-order valence-corrected chi connectivity index (χ3v) is 9.91. The molecule has 3 rings (SSSR count). The van der Waals surface area contributed by atoms with Crippen LogP contribution >= 0.6 is 0 Å². The molecule has 0 heterocycles. The molecule has 47 heavy (non-hydrogen) atoms. The minimum Gasteiger partial charge on any atom is -0.494 e. The number of nitrogen functional groups attached to an aromatic ring is 1. The van der Waals surface area contributed by atoms with Crippen LogP contribution in [0.4, 0.5) is 14.5 Å². The molecular formula is C43H63F2NO. The Hall–Kier alpha value is -2.88. The molecule has 260 valence electrons. The molecule has 3 aromatic rings. The zero-order chi connectivity index (χ0) is 33.9. The van der Waals surface area contributed by atoms with E-state index in [1.54, 1.807) is 19.1 Å². The Morgan fingerprint density at radius 2 is 1.23 bits per heavy atom. The lowest BCUT2D eigenvalue weighted by Gasteiger charge is -2.23. The van der Waals surface area contributed by atoms with Crippen molar-refractivity contribution in [3.63, 3.8) is 0 Å². The first kappa shape index (κ1) is 38.6. The molecule has 0 amide bonds. The van der Waals surface area contributed by atoms with Gasteiger partial charge in [0.05, 0.1) is 6.61 Å². The summed E-state index contributed by atoms with van der Waals surface area (Å²) >= 11 is 0. The Balaban J connectivity index is 1.36. The van der Waals surface area contributed by atoms with Gasteiger partial charge in [-0.2, -0.15) is 0 Å². The first-order valence-electron chi connectivity index (χ1n) is 18.8. The molecular weight excluding hydrogens is 584 g/mol. The summed E-state index contributed by atoms with van der Waals surface area (Å²) < 4.78 is 35.1. The molecule has 3 aromatic carbocycles. The molecule has 0 aliphatic heterocycles. The van der Waals surface area contributed by atoms with Crippen molar-refractivity contribution in [2.75, 3.05) is 12.3 Å². The summed E-state index contributed by atoms with van der Waals surface area (Å²) in [6.07, 6.45) is 19.8. The van der Waals surface area contributed by atoms with Crippen molar-refractivity contribution in [3.05, 3.63) is 94.5 Å². The number of halogens is 2. The number of nitrogens with two attached hydrogens (primary N) is 1. The highest BCUT2D eigenvalue weighted by molar-refractivity contribution is 5.46. The van der Waals surface area contributed by atoms with Crippen LogP contribution in [0.3, 0.4) is 0 Å². The first-order chi connectivity index (χ1) is 22.7. The van der Waals surface area contributed by atoms with Crippen molar-refractivity contribution < 1.29 is 13.5 Å². The van der Waals surface area contributed by atoms with Crippen molar-refractivity contribution in [2.24, 2.45) is 5.92 Å². The van der Waals surface area contributed by atoms with Gasteiger partial charge in [0.2, 0.25) is 0 Å². The molecule has 0 saturated heterocycles. The number of anilines is 1. The van der Waals surface area contributed by atoms with Gasteiger partial charge in [-0.1, -0.05) is 134 Å². The summed E-state index contributed by atoms with van der Waals surface area (Å²) in [5, 5.41) is 0. The highest BCUT2D eigenvalue weighted by Crippen LogP contribution is 2.37. The van der Waals surface area contributed by atoms with E-state index in [0.717, 1.165) is 75.0 Å². The summed E-state index contributed by atoms with van der Waals surface area (Å²) in [4.78, 5) is 0. The van der Waals surface area contributed by atoms with Gasteiger partial charge in [-0.05, 0) is 97.4 Å². The van der Waals surface area contributed by atoms with Crippen LogP contribution in [0.25, 0.3) is 0 Å². The van der Waals surface area contributed by atoms with Gasteiger partial charge in [-0.15, -0.1) is 0 Å². The SMILES string of the molecule is CCCCCCCCCCCOc1ccc(CC(C)c2ccc(N)cc2CCCCCCc2ccc(C(F)(F)C(C)CC)cc2)cc1. The van der Waals surface area contributed by atoms with E-state index in [0.29, 0.717) is 12.3 Å². The molecule has 2 nitrogen and oxygen atoms in total. The molecule has 2 atom stereocenters. The number of hydrogen-bond acceptors (Lipinski definition) is 2. The van der Waals surface area contributed by atoms with Gasteiger partial charge in [0, 0.05) is 17.2 Å². The number of rotatable bonds is 24. The number of ether oxygens (including phenoxy) is 1. The van der Waals surface area contributed by atoms with Crippen LogP contribution in [-0.2, 0) is 25.2 Å². The van der Waals surface area contributed by atoms with E-state index in [1.165, 1.54) is 68.1 Å². The van der Waals surface area contributed by atoms with Gasteiger partial charge in [0.1, 0.15) is 5.75 Å². The number of hydrogen-bond donors (Lipinski definition) is 1. The average molecular weight is 648 g/mol. The summed E-state index contributed by atoms with van der Waals surface area (Å²) in [7, 11) is 0. The lowest BCUT2D eigenvalue weighted by atomic mass is 9.88. The maximum atomic E-state index is 14.5. The molecule has 2 unspecified atom stereocenters. The Kier molecular flexibility index (Phi) is 17.4. The molecule has 4 heteroatoms. The first-order valence-corrected chi connectivity index (χ1v) is 18.8. The van der Waals surface area contributed by atoms with E-state index < -0.39 is 11.8 Å². The van der Waals surface area contributed by atoms with E-state index in [2.05, 4.69) is 50.2 Å². The van der Waals surface area contributed by atoms with E-state index >= 15 is 0 Å². The van der Waals surface area contributed by atoms with Crippen LogP contribution in [0.1, 0.15) is 151 Å². The summed E-state index contributed by atoms with van der Waals surface area (Å²) in [5.74, 6) is -2.05. The maximum absolute atomic E-state index is 14.5. The summed E-state index contributed by atoms with van der Waals surface area (Å²) in [6, 6.07) is 22.1. The molecule has 0 fully saturated rings. The molecule has 0 saturated carbocycles. The molecule has 2 N–H and O–H groups in total. The second kappa shape index (κ2) is 21.2. The van der Waals surface area contributed by atoms with Crippen molar-refractivity contribution in [3.8, 4) is 5.75 Å². The normalized spacial score (nSPS) is 13.1. The predicted octanol–water partition coefficient (Wildman–Crippen LogP) is 13.0. The highest BCUT2D eigenvalue weighted by atomic mass is 19.3. The lowest BCUT2D eigenvalue weighted by molar-refractivity contribution is -0.0595. The average Bonchev–Trinajstić information content (AvgIpc) is 3.07. The maximum Gasteiger partial charge on any atom is 0.275 e. The Labute approximate surface area is 285 Å². The van der Waals surface area contributed by atoms with E-state index in [1.807, 2.05) is 25.1 Å². The van der Waals surface area contributed by atoms with E-state index in [-0.39, 0.29) is 5.56 Å². The summed E-state index contributed by atoms with van der Waals surface area (Å²) in [6.45, 7) is 8.82. The molecule has 0 bridgehead atoms. The van der Waals surface area contributed by atoms with Gasteiger partial charge in [-0.25, -0.2) is 8.78 Å². The van der Waals surface area contributed by atoms with Crippen LogP contribution in [0.5, 0.6) is 5.75 Å². The zero-order valence-corrected chi connectivity index (χ0v) is 30.0. The number of benzene rings is 3. The molecule has 0 spiro atoms. The molecule has 0 aromatic heterocycles. The molecule has 0 aliphatic rings. The molecule has 0 aliphatic carbocycles. The Morgan fingerprint density at radius 1 is 0.660 bits per heavy atom. The van der Waals surface area contributed by atoms with Gasteiger partial charge in [-0.3, -0.25) is 0 Å².